The van der Waals surface area contributed by atoms with E-state index in [1.165, 1.54) is 0 Å². The molecule has 37 heavy (non-hydrogen) atoms. The molecule has 0 bridgehead atoms. The zero-order chi connectivity index (χ0) is 25.5. The number of aromatic nitrogens is 3. The highest BCUT2D eigenvalue weighted by molar-refractivity contribution is 5.97. The first-order valence-electron chi connectivity index (χ1n) is 11.8. The van der Waals surface area contributed by atoms with E-state index in [1.54, 1.807) is 23.9 Å². The van der Waals surface area contributed by atoms with Crippen LogP contribution in [0.3, 0.4) is 0 Å². The van der Waals surface area contributed by atoms with Crippen LogP contribution in [0.4, 0.5) is 0 Å². The van der Waals surface area contributed by atoms with E-state index in [2.05, 4.69) is 10.1 Å². The van der Waals surface area contributed by atoms with E-state index in [-0.39, 0.29) is 18.4 Å². The molecule has 184 valence electrons. The van der Waals surface area contributed by atoms with Crippen molar-refractivity contribution in [2.75, 3.05) is 13.7 Å². The molecule has 0 aliphatic rings. The second-order valence-corrected chi connectivity index (χ2v) is 8.20. The zero-order valence-electron chi connectivity index (χ0n) is 20.3. The lowest BCUT2D eigenvalue weighted by atomic mass is 10.1. The van der Waals surface area contributed by atoms with Crippen molar-refractivity contribution in [1.29, 1.82) is 0 Å². The largest absolute Gasteiger partial charge is 0.497 e. The number of benzene rings is 4. The smallest absolute Gasteiger partial charge is 0.336 e. The molecule has 0 unspecified atom stereocenters. The minimum atomic E-state index is -0.164. The van der Waals surface area contributed by atoms with Gasteiger partial charge < -0.3 is 14.2 Å². The predicted octanol–water partition coefficient (Wildman–Crippen LogP) is 5.78. The maximum absolute atomic E-state index is 12.5. The summed E-state index contributed by atoms with van der Waals surface area (Å²) < 4.78 is 18.6. The lowest BCUT2D eigenvalue weighted by molar-refractivity contribution is 0.0914. The van der Waals surface area contributed by atoms with E-state index in [1.807, 2.05) is 97.1 Å². The number of carbonyl (C=O) groups excluding carboxylic acids is 1. The van der Waals surface area contributed by atoms with Crippen molar-refractivity contribution in [1.82, 2.24) is 14.8 Å². The number of hydrogen-bond donors (Lipinski definition) is 0. The van der Waals surface area contributed by atoms with Crippen LogP contribution in [-0.2, 0) is 6.61 Å². The van der Waals surface area contributed by atoms with Gasteiger partial charge in [0.05, 0.1) is 12.8 Å². The first-order valence-corrected chi connectivity index (χ1v) is 11.8. The first kappa shape index (κ1) is 23.8. The van der Waals surface area contributed by atoms with Gasteiger partial charge in [-0.25, -0.2) is 4.68 Å². The Kier molecular flexibility index (Phi) is 7.22. The van der Waals surface area contributed by atoms with E-state index in [0.717, 1.165) is 28.3 Å². The van der Waals surface area contributed by atoms with Crippen molar-refractivity contribution < 1.29 is 19.0 Å². The van der Waals surface area contributed by atoms with Gasteiger partial charge in [0.2, 0.25) is 0 Å². The van der Waals surface area contributed by atoms with Crippen molar-refractivity contribution in [3.8, 4) is 34.6 Å². The molecule has 0 saturated heterocycles. The summed E-state index contributed by atoms with van der Waals surface area (Å²) in [7, 11) is 1.62. The predicted molar refractivity (Wildman–Crippen MR) is 140 cm³/mol. The summed E-state index contributed by atoms with van der Waals surface area (Å²) in [5.41, 5.74) is 3.26. The summed E-state index contributed by atoms with van der Waals surface area (Å²) in [5.74, 6) is 1.90. The van der Waals surface area contributed by atoms with Gasteiger partial charge in [0, 0.05) is 11.1 Å². The Labute approximate surface area is 214 Å². The molecule has 0 aliphatic carbocycles. The van der Waals surface area contributed by atoms with Crippen molar-refractivity contribution in [2.45, 2.75) is 6.61 Å². The molecular formula is C30H25N3O4. The van der Waals surface area contributed by atoms with E-state index in [9.17, 15) is 4.79 Å². The highest BCUT2D eigenvalue weighted by Crippen LogP contribution is 2.27. The second-order valence-electron chi connectivity index (χ2n) is 8.20. The SMILES string of the molecule is COc1ccc(-n2nc(OCC(=O)c3ccccc3)nc2-c2ccc(OCc3ccccc3)cc2)cc1. The molecule has 0 radical (unpaired) electrons. The summed E-state index contributed by atoms with van der Waals surface area (Å²) in [4.78, 5) is 17.1. The van der Waals surface area contributed by atoms with Crippen LogP contribution in [0.1, 0.15) is 15.9 Å². The molecule has 0 aliphatic heterocycles. The molecule has 0 saturated carbocycles. The normalized spacial score (nSPS) is 10.6. The molecule has 0 fully saturated rings. The van der Waals surface area contributed by atoms with Gasteiger partial charge in [-0.1, -0.05) is 60.7 Å². The Morgan fingerprint density at radius 1 is 0.757 bits per heavy atom. The number of ketones is 1. The first-order chi connectivity index (χ1) is 18.2. The van der Waals surface area contributed by atoms with Crippen molar-refractivity contribution >= 4 is 5.78 Å². The van der Waals surface area contributed by atoms with Crippen molar-refractivity contribution in [3.63, 3.8) is 0 Å². The quantitative estimate of drug-likeness (QED) is 0.231. The molecule has 5 aromatic rings. The number of hydrogen-bond acceptors (Lipinski definition) is 6. The third-order valence-corrected chi connectivity index (χ3v) is 5.69. The number of Topliss-reactive ketones (excluding diaryl/α,β-unsaturated/α-hetero) is 1. The van der Waals surface area contributed by atoms with Crippen LogP contribution in [0.25, 0.3) is 17.1 Å². The van der Waals surface area contributed by atoms with E-state index >= 15 is 0 Å². The van der Waals surface area contributed by atoms with Gasteiger partial charge in [-0.15, -0.1) is 5.10 Å². The number of nitrogens with zero attached hydrogens (tertiary/aromatic N) is 3. The monoisotopic (exact) mass is 491 g/mol. The van der Waals surface area contributed by atoms with Crippen molar-refractivity contribution in [2.24, 2.45) is 0 Å². The second kappa shape index (κ2) is 11.2. The van der Waals surface area contributed by atoms with Gasteiger partial charge >= 0.3 is 6.01 Å². The minimum Gasteiger partial charge on any atom is -0.497 e. The maximum Gasteiger partial charge on any atom is 0.336 e. The molecule has 4 aromatic carbocycles. The third-order valence-electron chi connectivity index (χ3n) is 5.69. The number of methoxy groups -OCH3 is 1. The summed E-state index contributed by atoms with van der Waals surface area (Å²) in [6, 6.07) is 34.2. The molecule has 1 aromatic heterocycles. The zero-order valence-corrected chi connectivity index (χ0v) is 20.3. The van der Waals surface area contributed by atoms with E-state index in [4.69, 9.17) is 14.2 Å². The van der Waals surface area contributed by atoms with Gasteiger partial charge in [0.25, 0.3) is 0 Å². The van der Waals surface area contributed by atoms with Crippen LogP contribution in [0.5, 0.6) is 17.5 Å². The standard InChI is InChI=1S/C30H25N3O4/c1-35-26-18-14-25(15-19-26)33-29(31-30(32-33)37-21-28(34)23-10-6-3-7-11-23)24-12-16-27(17-13-24)36-20-22-8-4-2-5-9-22/h2-19H,20-21H2,1H3. The Balaban J connectivity index is 1.38. The lowest BCUT2D eigenvalue weighted by Gasteiger charge is -2.09. The van der Waals surface area contributed by atoms with Gasteiger partial charge in [0.1, 0.15) is 18.1 Å². The summed E-state index contributed by atoms with van der Waals surface area (Å²) in [6.07, 6.45) is 0. The minimum absolute atomic E-state index is 0.111. The van der Waals surface area contributed by atoms with Gasteiger partial charge in [0.15, 0.2) is 18.2 Å². The van der Waals surface area contributed by atoms with Crippen LogP contribution in [0.2, 0.25) is 0 Å². The topological polar surface area (TPSA) is 75.5 Å². The highest BCUT2D eigenvalue weighted by Gasteiger charge is 2.17. The highest BCUT2D eigenvalue weighted by atomic mass is 16.5. The van der Waals surface area contributed by atoms with Crippen LogP contribution in [0, 0.1) is 0 Å². The third kappa shape index (κ3) is 5.85. The Morgan fingerprint density at radius 3 is 2.08 bits per heavy atom. The molecule has 0 amide bonds. The van der Waals surface area contributed by atoms with Crippen LogP contribution < -0.4 is 14.2 Å². The summed E-state index contributed by atoms with van der Waals surface area (Å²) in [6.45, 7) is 0.317. The van der Waals surface area contributed by atoms with Gasteiger partial charge in [-0.3, -0.25) is 4.79 Å². The fourth-order valence-corrected chi connectivity index (χ4v) is 3.72. The van der Waals surface area contributed by atoms with Gasteiger partial charge in [-0.05, 0) is 54.1 Å². The Morgan fingerprint density at radius 2 is 1.41 bits per heavy atom. The molecule has 5 rings (SSSR count). The van der Waals surface area contributed by atoms with E-state index in [0.29, 0.717) is 18.0 Å². The fraction of sp³-hybridized carbons (Fsp3) is 0.100. The van der Waals surface area contributed by atoms with Crippen LogP contribution in [-0.4, -0.2) is 34.3 Å². The molecule has 1 heterocycles. The summed E-state index contributed by atoms with van der Waals surface area (Å²) >= 11 is 0. The number of carbonyl (C=O) groups is 1. The maximum atomic E-state index is 12.5. The summed E-state index contributed by atoms with van der Waals surface area (Å²) in [5, 5.41) is 4.54. The Bertz CT molecular complexity index is 1450. The van der Waals surface area contributed by atoms with Crippen LogP contribution in [0.15, 0.2) is 109 Å². The molecule has 0 spiro atoms. The number of ether oxygens (including phenoxy) is 3. The Hall–Kier alpha value is -4.91. The van der Waals surface area contributed by atoms with Gasteiger partial charge in [-0.2, -0.15) is 4.98 Å². The molecule has 7 nitrogen and oxygen atoms in total. The van der Waals surface area contributed by atoms with Crippen molar-refractivity contribution in [3.05, 3.63) is 120 Å². The number of rotatable bonds is 10. The average molecular weight is 492 g/mol. The molecular weight excluding hydrogens is 466 g/mol. The molecule has 7 heteroatoms. The lowest BCUT2D eigenvalue weighted by Crippen LogP contribution is -2.12. The van der Waals surface area contributed by atoms with Crippen LogP contribution >= 0.6 is 0 Å². The fourth-order valence-electron chi connectivity index (χ4n) is 3.72. The molecule has 0 N–H and O–H groups in total. The molecule has 0 atom stereocenters. The van der Waals surface area contributed by atoms with E-state index < -0.39 is 0 Å². The average Bonchev–Trinajstić information content (AvgIpc) is 3.40.